The fraction of sp³-hybridized carbons (Fsp3) is 0.417. The maximum atomic E-state index is 13.2. The summed E-state index contributed by atoms with van der Waals surface area (Å²) in [6, 6.07) is 6.40. The van der Waals surface area contributed by atoms with Gasteiger partial charge in [0.25, 0.3) is 0 Å². The monoisotopic (exact) mass is 242 g/mol. The number of esters is 1. The first-order valence-electron chi connectivity index (χ1n) is 5.27. The summed E-state index contributed by atoms with van der Waals surface area (Å²) in [5, 5.41) is 0. The SMILES string of the molecule is CCCCOC(=O)CSc1ccccc1F. The Labute approximate surface area is 99.2 Å². The van der Waals surface area contributed by atoms with E-state index >= 15 is 0 Å². The van der Waals surface area contributed by atoms with Crippen molar-refractivity contribution in [1.29, 1.82) is 0 Å². The lowest BCUT2D eigenvalue weighted by molar-refractivity contribution is -0.140. The fourth-order valence-electron chi connectivity index (χ4n) is 1.07. The zero-order chi connectivity index (χ0) is 11.8. The summed E-state index contributed by atoms with van der Waals surface area (Å²) in [6.07, 6.45) is 1.86. The molecule has 0 aliphatic carbocycles. The quantitative estimate of drug-likeness (QED) is 0.435. The van der Waals surface area contributed by atoms with Gasteiger partial charge in [-0.2, -0.15) is 0 Å². The molecule has 0 atom stereocenters. The lowest BCUT2D eigenvalue weighted by atomic mass is 10.3. The lowest BCUT2D eigenvalue weighted by Crippen LogP contribution is -2.08. The van der Waals surface area contributed by atoms with Gasteiger partial charge in [0.15, 0.2) is 0 Å². The topological polar surface area (TPSA) is 26.3 Å². The van der Waals surface area contributed by atoms with Crippen molar-refractivity contribution in [2.24, 2.45) is 0 Å². The van der Waals surface area contributed by atoms with E-state index in [1.165, 1.54) is 6.07 Å². The fourth-order valence-corrected chi connectivity index (χ4v) is 1.81. The second-order valence-corrected chi connectivity index (χ2v) is 4.31. The molecule has 0 saturated heterocycles. The summed E-state index contributed by atoms with van der Waals surface area (Å²) in [4.78, 5) is 11.7. The maximum Gasteiger partial charge on any atom is 0.316 e. The normalized spacial score (nSPS) is 10.1. The molecule has 0 fully saturated rings. The van der Waals surface area contributed by atoms with E-state index in [2.05, 4.69) is 0 Å². The van der Waals surface area contributed by atoms with Gasteiger partial charge in [-0.25, -0.2) is 4.39 Å². The van der Waals surface area contributed by atoms with Gasteiger partial charge < -0.3 is 4.74 Å². The molecule has 4 heteroatoms. The Morgan fingerprint density at radius 2 is 2.19 bits per heavy atom. The van der Waals surface area contributed by atoms with E-state index in [1.807, 2.05) is 6.92 Å². The van der Waals surface area contributed by atoms with Crippen LogP contribution in [0, 0.1) is 5.82 Å². The molecule has 1 rings (SSSR count). The third-order valence-corrected chi connectivity index (χ3v) is 2.97. The average Bonchev–Trinajstić information content (AvgIpc) is 2.28. The summed E-state index contributed by atoms with van der Waals surface area (Å²) < 4.78 is 18.1. The van der Waals surface area contributed by atoms with Crippen LogP contribution in [-0.2, 0) is 9.53 Å². The van der Waals surface area contributed by atoms with E-state index in [9.17, 15) is 9.18 Å². The number of thioether (sulfide) groups is 1. The smallest absolute Gasteiger partial charge is 0.316 e. The number of hydrogen-bond donors (Lipinski definition) is 0. The van der Waals surface area contributed by atoms with Gasteiger partial charge in [-0.1, -0.05) is 25.5 Å². The molecule has 0 spiro atoms. The second-order valence-electron chi connectivity index (χ2n) is 3.29. The number of hydrogen-bond acceptors (Lipinski definition) is 3. The van der Waals surface area contributed by atoms with E-state index < -0.39 is 0 Å². The highest BCUT2D eigenvalue weighted by atomic mass is 32.2. The molecule has 0 radical (unpaired) electrons. The van der Waals surface area contributed by atoms with Crippen LogP contribution in [0.3, 0.4) is 0 Å². The molecule has 88 valence electrons. The molecule has 0 amide bonds. The van der Waals surface area contributed by atoms with Crippen LogP contribution in [0.1, 0.15) is 19.8 Å². The van der Waals surface area contributed by atoms with Gasteiger partial charge >= 0.3 is 5.97 Å². The van der Waals surface area contributed by atoms with Crippen LogP contribution >= 0.6 is 11.8 Å². The Morgan fingerprint density at radius 3 is 2.88 bits per heavy atom. The predicted octanol–water partition coefficient (Wildman–Crippen LogP) is 3.26. The number of unbranched alkanes of at least 4 members (excludes halogenated alkanes) is 1. The van der Waals surface area contributed by atoms with E-state index in [4.69, 9.17) is 4.74 Å². The molecule has 1 aromatic carbocycles. The Bertz CT molecular complexity index is 342. The minimum absolute atomic E-state index is 0.157. The Hall–Kier alpha value is -1.03. The molecule has 1 aromatic rings. The molecule has 0 heterocycles. The van der Waals surface area contributed by atoms with Crippen molar-refractivity contribution >= 4 is 17.7 Å². The van der Waals surface area contributed by atoms with Crippen molar-refractivity contribution in [3.63, 3.8) is 0 Å². The third kappa shape index (κ3) is 4.66. The molecular formula is C12H15FO2S. The highest BCUT2D eigenvalue weighted by Crippen LogP contribution is 2.20. The van der Waals surface area contributed by atoms with Gasteiger partial charge in [0.05, 0.1) is 12.4 Å². The minimum atomic E-state index is -0.297. The highest BCUT2D eigenvalue weighted by molar-refractivity contribution is 8.00. The predicted molar refractivity (Wildman–Crippen MR) is 63.0 cm³/mol. The Kier molecular flexibility index (Phi) is 5.93. The molecule has 0 N–H and O–H groups in total. The van der Waals surface area contributed by atoms with Crippen molar-refractivity contribution in [3.05, 3.63) is 30.1 Å². The number of halogens is 1. The van der Waals surface area contributed by atoms with Gasteiger partial charge in [-0.05, 0) is 18.6 Å². The molecule has 0 unspecified atom stereocenters. The van der Waals surface area contributed by atoms with Crippen molar-refractivity contribution in [1.82, 2.24) is 0 Å². The van der Waals surface area contributed by atoms with Crippen LogP contribution in [0.15, 0.2) is 29.2 Å². The van der Waals surface area contributed by atoms with Crippen LogP contribution in [0.4, 0.5) is 4.39 Å². The number of rotatable bonds is 6. The summed E-state index contributed by atoms with van der Waals surface area (Å²) in [6.45, 7) is 2.48. The largest absolute Gasteiger partial charge is 0.465 e. The molecule has 0 aliphatic heterocycles. The van der Waals surface area contributed by atoms with Crippen LogP contribution in [-0.4, -0.2) is 18.3 Å². The lowest BCUT2D eigenvalue weighted by Gasteiger charge is -2.04. The van der Waals surface area contributed by atoms with Crippen molar-refractivity contribution in [2.45, 2.75) is 24.7 Å². The molecule has 0 saturated carbocycles. The molecule has 0 bridgehead atoms. The first-order valence-corrected chi connectivity index (χ1v) is 6.25. The Morgan fingerprint density at radius 1 is 1.44 bits per heavy atom. The third-order valence-electron chi connectivity index (χ3n) is 1.94. The van der Waals surface area contributed by atoms with Gasteiger partial charge in [-0.15, -0.1) is 11.8 Å². The van der Waals surface area contributed by atoms with Crippen LogP contribution in [0.25, 0.3) is 0 Å². The van der Waals surface area contributed by atoms with Gasteiger partial charge in [0.2, 0.25) is 0 Å². The number of carbonyl (C=O) groups excluding carboxylic acids is 1. The van der Waals surface area contributed by atoms with E-state index in [0.717, 1.165) is 24.6 Å². The minimum Gasteiger partial charge on any atom is -0.465 e. The van der Waals surface area contributed by atoms with Gasteiger partial charge in [0.1, 0.15) is 5.82 Å². The van der Waals surface area contributed by atoms with Gasteiger partial charge in [0, 0.05) is 4.90 Å². The maximum absolute atomic E-state index is 13.2. The summed E-state index contributed by atoms with van der Waals surface area (Å²) in [5.74, 6) is -0.430. The number of ether oxygens (including phenoxy) is 1. The molecular weight excluding hydrogens is 227 g/mol. The van der Waals surface area contributed by atoms with Crippen LogP contribution in [0.5, 0.6) is 0 Å². The molecule has 0 aliphatic rings. The van der Waals surface area contributed by atoms with Crippen molar-refractivity contribution < 1.29 is 13.9 Å². The first-order chi connectivity index (χ1) is 7.74. The molecule has 0 aromatic heterocycles. The van der Waals surface area contributed by atoms with Crippen molar-refractivity contribution in [3.8, 4) is 0 Å². The number of carbonyl (C=O) groups is 1. The number of benzene rings is 1. The zero-order valence-electron chi connectivity index (χ0n) is 9.24. The van der Waals surface area contributed by atoms with Crippen molar-refractivity contribution in [2.75, 3.05) is 12.4 Å². The average molecular weight is 242 g/mol. The summed E-state index contributed by atoms with van der Waals surface area (Å²) >= 11 is 1.16. The molecule has 16 heavy (non-hydrogen) atoms. The zero-order valence-corrected chi connectivity index (χ0v) is 10.1. The summed E-state index contributed by atoms with van der Waals surface area (Å²) in [7, 11) is 0. The summed E-state index contributed by atoms with van der Waals surface area (Å²) in [5.41, 5.74) is 0. The van der Waals surface area contributed by atoms with Crippen LogP contribution in [0.2, 0.25) is 0 Å². The van der Waals surface area contributed by atoms with Crippen LogP contribution < -0.4 is 0 Å². The second kappa shape index (κ2) is 7.28. The molecule has 2 nitrogen and oxygen atoms in total. The van der Waals surface area contributed by atoms with E-state index in [0.29, 0.717) is 11.5 Å². The first kappa shape index (κ1) is 13.0. The highest BCUT2D eigenvalue weighted by Gasteiger charge is 2.06. The standard InChI is InChI=1S/C12H15FO2S/c1-2-3-8-15-12(14)9-16-11-7-5-4-6-10(11)13/h4-7H,2-3,8-9H2,1H3. The Balaban J connectivity index is 2.29. The van der Waals surface area contributed by atoms with E-state index in [1.54, 1.807) is 18.2 Å². The van der Waals surface area contributed by atoms with E-state index in [-0.39, 0.29) is 17.5 Å². The van der Waals surface area contributed by atoms with Gasteiger partial charge in [-0.3, -0.25) is 4.79 Å².